The van der Waals surface area contributed by atoms with Crippen molar-refractivity contribution >= 4 is 98.3 Å². The highest BCUT2D eigenvalue weighted by atomic mass is 33.4. The van der Waals surface area contributed by atoms with Crippen LogP contribution in [0.3, 0.4) is 0 Å². The maximum Gasteiger partial charge on any atom is 0.259 e. The molecule has 4 rings (SSSR count). The Morgan fingerprint density at radius 1 is 1.05 bits per heavy atom. The first-order chi connectivity index (χ1) is 18.0. The van der Waals surface area contributed by atoms with E-state index in [1.54, 1.807) is 41.7 Å². The molecule has 1 atom stereocenters. The van der Waals surface area contributed by atoms with Crippen LogP contribution in [-0.4, -0.2) is 21.2 Å². The summed E-state index contributed by atoms with van der Waals surface area (Å²) in [7, 11) is 9.12. The number of carbonyl (C=O) groups is 1. The molecule has 4 aromatic rings. The molecule has 3 heterocycles. The predicted molar refractivity (Wildman–Crippen MR) is 167 cm³/mol. The van der Waals surface area contributed by atoms with Crippen LogP contribution in [-0.2, 0) is 75.7 Å². The van der Waals surface area contributed by atoms with Crippen molar-refractivity contribution in [3.05, 3.63) is 72.4 Å². The lowest BCUT2D eigenvalue weighted by Crippen LogP contribution is -2.06. The molecule has 0 saturated heterocycles. The summed E-state index contributed by atoms with van der Waals surface area (Å²) in [6.07, 6.45) is 6.43. The Balaban J connectivity index is 0.000000253. The number of oxazole rings is 2. The van der Waals surface area contributed by atoms with Crippen LogP contribution in [0, 0.1) is 18.3 Å². The van der Waals surface area contributed by atoms with Crippen LogP contribution in [0.25, 0.3) is 10.9 Å². The van der Waals surface area contributed by atoms with Gasteiger partial charge in [-0.05, 0) is 12.5 Å². The van der Waals surface area contributed by atoms with Crippen LogP contribution in [0.5, 0.6) is 0 Å². The first-order valence-corrected chi connectivity index (χ1v) is 19.5. The lowest BCUT2D eigenvalue weighted by molar-refractivity contribution is 0.109. The molecular weight excluding hydrogens is 649 g/mol. The molecule has 1 unspecified atom stereocenters. The Morgan fingerprint density at radius 2 is 1.68 bits per heavy atom. The zero-order valence-electron chi connectivity index (χ0n) is 18.7. The van der Waals surface area contributed by atoms with Gasteiger partial charge in [0.2, 0.25) is 6.29 Å². The zero-order valence-corrected chi connectivity index (χ0v) is 26.0. The van der Waals surface area contributed by atoms with Crippen molar-refractivity contribution in [2.75, 3.05) is 5.73 Å². The molecule has 0 bridgehead atoms. The van der Waals surface area contributed by atoms with Gasteiger partial charge in [-0.1, -0.05) is 41.7 Å². The molecule has 0 amide bonds. The highest BCUT2D eigenvalue weighted by Crippen LogP contribution is 2.27. The quantitative estimate of drug-likeness (QED) is 0.309. The van der Waals surface area contributed by atoms with Gasteiger partial charge in [-0.3, -0.25) is 4.79 Å². The number of thiazole rings is 1. The fourth-order valence-electron chi connectivity index (χ4n) is 1.90. The van der Waals surface area contributed by atoms with Gasteiger partial charge in [-0.25, -0.2) is 15.0 Å². The first kappa shape index (κ1) is 33.0. The van der Waals surface area contributed by atoms with Crippen molar-refractivity contribution in [1.82, 2.24) is 15.0 Å². The minimum atomic E-state index is -0.485. The van der Waals surface area contributed by atoms with Gasteiger partial charge in [0.1, 0.15) is 23.6 Å². The number of aromatic nitrogens is 3. The van der Waals surface area contributed by atoms with Gasteiger partial charge in [0.05, 0.1) is 24.2 Å². The van der Waals surface area contributed by atoms with Gasteiger partial charge in [0.25, 0.3) is 11.8 Å². The smallest absolute Gasteiger partial charge is 0.259 e. The number of nitriles is 1. The third-order valence-electron chi connectivity index (χ3n) is 3.44. The summed E-state index contributed by atoms with van der Waals surface area (Å²) in [5, 5.41) is 9.86. The molecule has 9 nitrogen and oxygen atoms in total. The molecule has 0 radical (unpaired) electrons. The summed E-state index contributed by atoms with van der Waals surface area (Å²) in [4.78, 5) is 21.4. The molecule has 0 fully saturated rings. The van der Waals surface area contributed by atoms with Crippen LogP contribution >= 0.6 is 11.3 Å². The first-order valence-electron chi connectivity index (χ1n) is 9.39. The average molecular weight is 667 g/mol. The predicted octanol–water partition coefficient (Wildman–Crippen LogP) is 3.37. The second kappa shape index (κ2) is 20.9. The molecule has 4 N–H and O–H groups in total. The SMILES string of the molecule is Cc1nc(-c2ncco2)sc1N.N#CC(N)c1ccccc1.O=Cc1ncco1.S=S=S=S=S=S=S=S. The Morgan fingerprint density at radius 3 is 2.08 bits per heavy atom. The fourth-order valence-corrected chi connectivity index (χ4v) is 13.7. The lowest BCUT2D eigenvalue weighted by atomic mass is 10.1. The number of nitrogens with two attached hydrogens (primary N) is 2. The van der Waals surface area contributed by atoms with Crippen molar-refractivity contribution in [3.8, 4) is 17.0 Å². The highest BCUT2D eigenvalue weighted by Gasteiger charge is 2.09. The van der Waals surface area contributed by atoms with Gasteiger partial charge >= 0.3 is 0 Å². The van der Waals surface area contributed by atoms with Crippen LogP contribution in [0.1, 0.15) is 28.0 Å². The van der Waals surface area contributed by atoms with E-state index in [0.29, 0.717) is 17.2 Å². The number of aldehydes is 1. The van der Waals surface area contributed by atoms with Crippen LogP contribution in [0.2, 0.25) is 0 Å². The van der Waals surface area contributed by atoms with Gasteiger partial charge in [0.15, 0.2) is 5.01 Å². The van der Waals surface area contributed by atoms with Gasteiger partial charge < -0.3 is 20.3 Å². The second-order valence-corrected chi connectivity index (χ2v) is 17.4. The molecule has 0 aliphatic heterocycles. The van der Waals surface area contributed by atoms with Crippen molar-refractivity contribution in [1.29, 1.82) is 5.26 Å². The number of nitrogen functional groups attached to an aromatic ring is 1. The summed E-state index contributed by atoms with van der Waals surface area (Å²) in [5.74, 6) is 0.653. The number of aryl methyl sites for hydroxylation is 1. The molecule has 3 aromatic heterocycles. The van der Waals surface area contributed by atoms with Crippen LogP contribution < -0.4 is 11.5 Å². The monoisotopic (exact) mass is 666 g/mol. The lowest BCUT2D eigenvalue weighted by Gasteiger charge is -1.99. The fraction of sp³-hybridized carbons (Fsp3) is 0.105. The van der Waals surface area contributed by atoms with Gasteiger partial charge in [-0.2, -0.15) is 5.26 Å². The highest BCUT2D eigenvalue weighted by molar-refractivity contribution is 8.70. The third-order valence-corrected chi connectivity index (χ3v) is 15.5. The molecule has 196 valence electrons. The van der Waals surface area contributed by atoms with E-state index in [-0.39, 0.29) is 5.89 Å². The topological polar surface area (TPSA) is 158 Å². The second-order valence-electron chi connectivity index (χ2n) is 5.72. The molecule has 37 heavy (non-hydrogen) atoms. The van der Waals surface area contributed by atoms with Crippen LogP contribution in [0.15, 0.2) is 64.1 Å². The molecular formula is C19H18N6O3S9. The molecule has 1 aromatic carbocycles. The minimum absolute atomic E-state index is 0.125. The third kappa shape index (κ3) is 14.5. The minimum Gasteiger partial charge on any atom is -0.443 e. The maximum absolute atomic E-state index is 9.71. The van der Waals surface area contributed by atoms with Crippen molar-refractivity contribution < 1.29 is 13.6 Å². The summed E-state index contributed by atoms with van der Waals surface area (Å²) in [5.41, 5.74) is 12.8. The molecule has 0 aliphatic carbocycles. The van der Waals surface area contributed by atoms with Crippen molar-refractivity contribution in [2.45, 2.75) is 13.0 Å². The number of benzene rings is 1. The van der Waals surface area contributed by atoms with E-state index in [2.05, 4.69) is 41.7 Å². The Labute approximate surface area is 243 Å². The largest absolute Gasteiger partial charge is 0.443 e. The molecule has 0 aliphatic rings. The Kier molecular flexibility index (Phi) is 18.7. The molecule has 18 heteroatoms. The number of hydrogen-bond acceptors (Lipinski definition) is 12. The van der Waals surface area contributed by atoms with Gasteiger partial charge in [0, 0.05) is 75.7 Å². The van der Waals surface area contributed by atoms with E-state index in [0.717, 1.165) is 16.3 Å². The number of rotatable bonds is 3. The van der Waals surface area contributed by atoms with E-state index in [1.165, 1.54) is 47.8 Å². The maximum atomic E-state index is 9.71. The van der Waals surface area contributed by atoms with E-state index in [9.17, 15) is 4.79 Å². The number of hydrogen-bond donors (Lipinski definition) is 2. The molecule has 0 spiro atoms. The van der Waals surface area contributed by atoms with Crippen LogP contribution in [0.4, 0.5) is 5.00 Å². The van der Waals surface area contributed by atoms with E-state index in [1.807, 2.05) is 43.3 Å². The van der Waals surface area contributed by atoms with Crippen molar-refractivity contribution in [3.63, 3.8) is 0 Å². The normalized spacial score (nSPS) is 9.65. The average Bonchev–Trinajstić information content (AvgIpc) is 3.71. The standard InChI is InChI=1S/C8H8N2.C7H7N3OS.C4H3NO2.S8/c9-6-8(10)7-4-2-1-3-5-7;1-4-5(8)12-7(10-4)6-9-2-3-11-6;6-3-4-5-1-2-7-4;1-3-5-7-8-6-4-2/h1-5,8H,10H2;2-3H,8H2,1H3;1-3H;. The number of nitrogens with zero attached hydrogens (tertiary/aromatic N) is 4. The zero-order chi connectivity index (χ0) is 27.3. The number of anilines is 1. The Hall–Kier alpha value is -2.05. The van der Waals surface area contributed by atoms with E-state index >= 15 is 0 Å². The van der Waals surface area contributed by atoms with Gasteiger partial charge in [-0.15, -0.1) is 0 Å². The van der Waals surface area contributed by atoms with Crippen molar-refractivity contribution in [2.24, 2.45) is 5.73 Å². The van der Waals surface area contributed by atoms with E-state index < -0.39 is 6.04 Å². The summed E-state index contributed by atoms with van der Waals surface area (Å²) in [6.45, 7) is 1.86. The summed E-state index contributed by atoms with van der Waals surface area (Å²) >= 11 is 10.6. The summed E-state index contributed by atoms with van der Waals surface area (Å²) in [6, 6.07) is 10.8. The Bertz CT molecular complexity index is 1450. The summed E-state index contributed by atoms with van der Waals surface area (Å²) < 4.78 is 9.57. The van der Waals surface area contributed by atoms with E-state index in [4.69, 9.17) is 21.1 Å². The molecule has 0 saturated carbocycles. The number of carbonyl (C=O) groups excluding carboxylic acids is 1.